The fourth-order valence-corrected chi connectivity index (χ4v) is 1.08. The average Bonchev–Trinajstić information content (AvgIpc) is 2.30. The summed E-state index contributed by atoms with van der Waals surface area (Å²) in [5, 5.41) is 2.96. The topological polar surface area (TPSA) is 38.3 Å². The predicted molar refractivity (Wildman–Crippen MR) is 59.8 cm³/mol. The van der Waals surface area contributed by atoms with Crippen molar-refractivity contribution in [2.24, 2.45) is 0 Å². The second-order valence-corrected chi connectivity index (χ2v) is 3.01. The third-order valence-electron chi connectivity index (χ3n) is 1.86. The van der Waals surface area contributed by atoms with E-state index >= 15 is 0 Å². The normalized spacial score (nSPS) is 10.5. The van der Waals surface area contributed by atoms with Gasteiger partial charge in [0.05, 0.1) is 6.61 Å². The minimum Gasteiger partial charge on any atom is -0.388 e. The molecule has 3 nitrogen and oxygen atoms in total. The monoisotopic (exact) mass is 205 g/mol. The molecule has 1 aromatic rings. The van der Waals surface area contributed by atoms with Gasteiger partial charge in [0, 0.05) is 31.5 Å². The number of allylic oxidation sites excluding steroid dienone is 1. The van der Waals surface area contributed by atoms with Crippen molar-refractivity contribution in [3.05, 3.63) is 48.2 Å². The first-order valence-corrected chi connectivity index (χ1v) is 4.83. The van der Waals surface area contributed by atoms with Gasteiger partial charge in [0.15, 0.2) is 5.78 Å². The molecule has 0 aliphatic carbocycles. The third kappa shape index (κ3) is 4.42. The molecular weight excluding hydrogens is 190 g/mol. The molecule has 1 aromatic carbocycles. The fraction of sp³-hybridized carbons (Fsp3) is 0.250. The molecule has 1 rings (SSSR count). The lowest BCUT2D eigenvalue weighted by molar-refractivity contribution is 0.104. The lowest BCUT2D eigenvalue weighted by atomic mass is 10.1. The maximum atomic E-state index is 11.5. The van der Waals surface area contributed by atoms with Crippen LogP contribution in [0.2, 0.25) is 0 Å². The minimum atomic E-state index is 0.000479. The van der Waals surface area contributed by atoms with Crippen molar-refractivity contribution in [1.82, 2.24) is 5.32 Å². The van der Waals surface area contributed by atoms with Crippen LogP contribution in [0.3, 0.4) is 0 Å². The summed E-state index contributed by atoms with van der Waals surface area (Å²) in [4.78, 5) is 11.5. The zero-order chi connectivity index (χ0) is 10.9. The number of methoxy groups -OCH3 is 1. The number of carbonyl (C=O) groups excluding carboxylic acids is 1. The summed E-state index contributed by atoms with van der Waals surface area (Å²) in [7, 11) is 1.64. The molecular formula is C12H15NO2. The maximum Gasteiger partial charge on any atom is 0.187 e. The molecule has 3 heteroatoms. The summed E-state index contributed by atoms with van der Waals surface area (Å²) in [5.74, 6) is 0.000479. The molecule has 0 aliphatic rings. The van der Waals surface area contributed by atoms with E-state index in [1.165, 1.54) is 6.08 Å². The van der Waals surface area contributed by atoms with Gasteiger partial charge in [-0.15, -0.1) is 0 Å². The van der Waals surface area contributed by atoms with Crippen molar-refractivity contribution >= 4 is 5.78 Å². The van der Waals surface area contributed by atoms with Crippen LogP contribution < -0.4 is 5.32 Å². The standard InChI is InChI=1S/C12H15NO2/c1-15-10-9-13-8-7-12(14)11-5-3-2-4-6-11/h2-8,13H,9-10H2,1H3/b8-7-. The summed E-state index contributed by atoms with van der Waals surface area (Å²) in [6, 6.07) is 9.17. The number of ketones is 1. The summed E-state index contributed by atoms with van der Waals surface area (Å²) < 4.78 is 4.85. The molecule has 0 aliphatic heterocycles. The van der Waals surface area contributed by atoms with E-state index in [0.717, 1.165) is 0 Å². The van der Waals surface area contributed by atoms with Crippen LogP contribution in [0.25, 0.3) is 0 Å². The van der Waals surface area contributed by atoms with E-state index < -0.39 is 0 Å². The lowest BCUT2D eigenvalue weighted by Crippen LogP contribution is -2.12. The number of carbonyl (C=O) groups is 1. The SMILES string of the molecule is COCCN/C=C\C(=O)c1ccccc1. The highest BCUT2D eigenvalue weighted by molar-refractivity contribution is 6.04. The first-order valence-electron chi connectivity index (χ1n) is 4.83. The van der Waals surface area contributed by atoms with E-state index in [-0.39, 0.29) is 5.78 Å². The van der Waals surface area contributed by atoms with E-state index in [0.29, 0.717) is 18.7 Å². The first-order chi connectivity index (χ1) is 7.34. The Labute approximate surface area is 89.8 Å². The van der Waals surface area contributed by atoms with Crippen LogP contribution in [0, 0.1) is 0 Å². The Bertz CT molecular complexity index is 320. The summed E-state index contributed by atoms with van der Waals surface area (Å²) in [5.41, 5.74) is 0.697. The Morgan fingerprint density at radius 2 is 2.13 bits per heavy atom. The smallest absolute Gasteiger partial charge is 0.187 e. The lowest BCUT2D eigenvalue weighted by Gasteiger charge is -1.98. The van der Waals surface area contributed by atoms with Crippen LogP contribution in [0.1, 0.15) is 10.4 Å². The van der Waals surface area contributed by atoms with Crippen LogP contribution in [0.15, 0.2) is 42.6 Å². The van der Waals surface area contributed by atoms with Crippen LogP contribution >= 0.6 is 0 Å². The van der Waals surface area contributed by atoms with Gasteiger partial charge in [-0.3, -0.25) is 4.79 Å². The predicted octanol–water partition coefficient (Wildman–Crippen LogP) is 1.62. The van der Waals surface area contributed by atoms with Gasteiger partial charge in [0.2, 0.25) is 0 Å². The Balaban J connectivity index is 2.36. The average molecular weight is 205 g/mol. The van der Waals surface area contributed by atoms with Gasteiger partial charge in [-0.05, 0) is 0 Å². The molecule has 0 heterocycles. The van der Waals surface area contributed by atoms with Gasteiger partial charge >= 0.3 is 0 Å². The molecule has 0 saturated carbocycles. The third-order valence-corrected chi connectivity index (χ3v) is 1.86. The van der Waals surface area contributed by atoms with Gasteiger partial charge < -0.3 is 10.1 Å². The Kier molecular flexibility index (Phi) is 5.19. The highest BCUT2D eigenvalue weighted by Gasteiger charge is 1.97. The Hall–Kier alpha value is -1.61. The summed E-state index contributed by atoms with van der Waals surface area (Å²) >= 11 is 0. The quantitative estimate of drug-likeness (QED) is 0.435. The fourth-order valence-electron chi connectivity index (χ4n) is 1.08. The van der Waals surface area contributed by atoms with E-state index in [1.54, 1.807) is 25.4 Å². The van der Waals surface area contributed by atoms with Gasteiger partial charge in [-0.25, -0.2) is 0 Å². The zero-order valence-electron chi connectivity index (χ0n) is 8.77. The Morgan fingerprint density at radius 3 is 2.80 bits per heavy atom. The van der Waals surface area contributed by atoms with Crippen LogP contribution in [-0.2, 0) is 4.74 Å². The Morgan fingerprint density at radius 1 is 1.40 bits per heavy atom. The van der Waals surface area contributed by atoms with E-state index in [9.17, 15) is 4.79 Å². The molecule has 0 atom stereocenters. The maximum absolute atomic E-state index is 11.5. The molecule has 0 aromatic heterocycles. The second kappa shape index (κ2) is 6.79. The number of hydrogen-bond acceptors (Lipinski definition) is 3. The van der Waals surface area contributed by atoms with Gasteiger partial charge in [-0.1, -0.05) is 30.3 Å². The number of nitrogens with one attached hydrogen (secondary N) is 1. The molecule has 0 saturated heterocycles. The van der Waals surface area contributed by atoms with Crippen LogP contribution in [0.4, 0.5) is 0 Å². The number of ether oxygens (including phenoxy) is 1. The summed E-state index contributed by atoms with van der Waals surface area (Å²) in [6.07, 6.45) is 3.17. The molecule has 0 amide bonds. The van der Waals surface area contributed by atoms with Gasteiger partial charge in [0.25, 0.3) is 0 Å². The molecule has 0 spiro atoms. The molecule has 0 fully saturated rings. The largest absolute Gasteiger partial charge is 0.388 e. The van der Waals surface area contributed by atoms with Crippen molar-refractivity contribution in [2.45, 2.75) is 0 Å². The van der Waals surface area contributed by atoms with Crippen LogP contribution in [0.5, 0.6) is 0 Å². The molecule has 0 radical (unpaired) electrons. The highest BCUT2D eigenvalue weighted by Crippen LogP contribution is 1.99. The molecule has 0 unspecified atom stereocenters. The van der Waals surface area contributed by atoms with Crippen molar-refractivity contribution in [3.8, 4) is 0 Å². The van der Waals surface area contributed by atoms with Crippen molar-refractivity contribution in [2.75, 3.05) is 20.3 Å². The number of rotatable bonds is 6. The number of hydrogen-bond donors (Lipinski definition) is 1. The van der Waals surface area contributed by atoms with Crippen molar-refractivity contribution < 1.29 is 9.53 Å². The van der Waals surface area contributed by atoms with Gasteiger partial charge in [0.1, 0.15) is 0 Å². The van der Waals surface area contributed by atoms with Crippen molar-refractivity contribution in [3.63, 3.8) is 0 Å². The van der Waals surface area contributed by atoms with Crippen molar-refractivity contribution in [1.29, 1.82) is 0 Å². The number of benzene rings is 1. The van der Waals surface area contributed by atoms with E-state index in [2.05, 4.69) is 5.32 Å². The minimum absolute atomic E-state index is 0.000479. The zero-order valence-corrected chi connectivity index (χ0v) is 8.77. The highest BCUT2D eigenvalue weighted by atomic mass is 16.5. The van der Waals surface area contributed by atoms with Gasteiger partial charge in [-0.2, -0.15) is 0 Å². The van der Waals surface area contributed by atoms with E-state index in [1.807, 2.05) is 18.2 Å². The first kappa shape index (κ1) is 11.5. The van der Waals surface area contributed by atoms with E-state index in [4.69, 9.17) is 4.74 Å². The molecule has 0 bridgehead atoms. The van der Waals surface area contributed by atoms with Crippen LogP contribution in [-0.4, -0.2) is 26.0 Å². The second-order valence-electron chi connectivity index (χ2n) is 3.01. The molecule has 1 N–H and O–H groups in total. The summed E-state index contributed by atoms with van der Waals surface area (Å²) in [6.45, 7) is 1.33. The molecule has 80 valence electrons. The molecule has 15 heavy (non-hydrogen) atoms.